The van der Waals surface area contributed by atoms with E-state index in [9.17, 15) is 4.79 Å². The van der Waals surface area contributed by atoms with Gasteiger partial charge < -0.3 is 5.32 Å². The molecule has 21 heavy (non-hydrogen) atoms. The molecule has 4 heteroatoms. The number of amides is 1. The second kappa shape index (κ2) is 5.88. The summed E-state index contributed by atoms with van der Waals surface area (Å²) in [4.78, 5) is 15.0. The molecule has 0 unspecified atom stereocenters. The Labute approximate surface area is 130 Å². The quantitative estimate of drug-likeness (QED) is 0.817. The first-order valence-corrected chi connectivity index (χ1v) is 8.40. The number of nitrogens with zero attached hydrogens (tertiary/aromatic N) is 1. The number of likely N-dealkylation sites (tertiary alicyclic amines) is 1. The average molecular weight is 295 g/mol. The SMILES string of the molecule is C[C@@H]1C[C@H](NC(C)(C)C(=O)NCC(C)(C)C)CN1C1CC1. The Balaban J connectivity index is 1.84. The minimum Gasteiger partial charge on any atom is -0.354 e. The molecule has 1 aliphatic carbocycles. The van der Waals surface area contributed by atoms with Crippen LogP contribution in [0.3, 0.4) is 0 Å². The Morgan fingerprint density at radius 2 is 1.81 bits per heavy atom. The molecular formula is C17H33N3O. The summed E-state index contributed by atoms with van der Waals surface area (Å²) < 4.78 is 0. The van der Waals surface area contributed by atoms with Gasteiger partial charge in [-0.05, 0) is 45.4 Å². The third kappa shape index (κ3) is 4.68. The lowest BCUT2D eigenvalue weighted by molar-refractivity contribution is -0.127. The minimum absolute atomic E-state index is 0.106. The largest absolute Gasteiger partial charge is 0.354 e. The molecule has 4 nitrogen and oxygen atoms in total. The van der Waals surface area contributed by atoms with Gasteiger partial charge in [0.2, 0.25) is 5.91 Å². The Bertz CT molecular complexity index is 382. The number of nitrogens with one attached hydrogen (secondary N) is 2. The molecule has 2 N–H and O–H groups in total. The van der Waals surface area contributed by atoms with Crippen LogP contribution < -0.4 is 10.6 Å². The van der Waals surface area contributed by atoms with Crippen LogP contribution in [0.4, 0.5) is 0 Å². The molecule has 2 aliphatic rings. The smallest absolute Gasteiger partial charge is 0.239 e. The van der Waals surface area contributed by atoms with Crippen molar-refractivity contribution in [2.45, 2.75) is 84.5 Å². The minimum atomic E-state index is -0.505. The van der Waals surface area contributed by atoms with E-state index in [0.29, 0.717) is 18.6 Å². The van der Waals surface area contributed by atoms with Crippen molar-refractivity contribution < 1.29 is 4.79 Å². The van der Waals surface area contributed by atoms with Crippen LogP contribution in [0.25, 0.3) is 0 Å². The van der Waals surface area contributed by atoms with Crippen LogP contribution in [-0.2, 0) is 4.79 Å². The molecule has 0 radical (unpaired) electrons. The summed E-state index contributed by atoms with van der Waals surface area (Å²) in [5, 5.41) is 6.66. The van der Waals surface area contributed by atoms with Crippen LogP contribution >= 0.6 is 0 Å². The van der Waals surface area contributed by atoms with Crippen molar-refractivity contribution in [1.29, 1.82) is 0 Å². The number of hydrogen-bond donors (Lipinski definition) is 2. The van der Waals surface area contributed by atoms with Crippen LogP contribution in [0.5, 0.6) is 0 Å². The van der Waals surface area contributed by atoms with Crippen molar-refractivity contribution in [2.24, 2.45) is 5.41 Å². The molecule has 122 valence electrons. The Kier molecular flexibility index (Phi) is 4.69. The zero-order valence-electron chi connectivity index (χ0n) is 14.6. The van der Waals surface area contributed by atoms with Crippen LogP contribution in [0.15, 0.2) is 0 Å². The van der Waals surface area contributed by atoms with Gasteiger partial charge in [-0.25, -0.2) is 0 Å². The van der Waals surface area contributed by atoms with Gasteiger partial charge in [-0.2, -0.15) is 0 Å². The van der Waals surface area contributed by atoms with E-state index >= 15 is 0 Å². The van der Waals surface area contributed by atoms with Gasteiger partial charge in [-0.15, -0.1) is 0 Å². The molecule has 1 amide bonds. The predicted molar refractivity (Wildman–Crippen MR) is 87.3 cm³/mol. The number of carbonyl (C=O) groups excluding carboxylic acids is 1. The zero-order chi connectivity index (χ0) is 15.8. The Morgan fingerprint density at radius 3 is 2.33 bits per heavy atom. The van der Waals surface area contributed by atoms with Crippen LogP contribution in [0.1, 0.15) is 60.8 Å². The van der Waals surface area contributed by atoms with Gasteiger partial charge in [0, 0.05) is 31.2 Å². The number of carbonyl (C=O) groups is 1. The Morgan fingerprint density at radius 1 is 1.19 bits per heavy atom. The fraction of sp³-hybridized carbons (Fsp3) is 0.941. The summed E-state index contributed by atoms with van der Waals surface area (Å²) in [6.07, 6.45) is 3.85. The van der Waals surface area contributed by atoms with Gasteiger partial charge in [-0.3, -0.25) is 15.0 Å². The van der Waals surface area contributed by atoms with Crippen molar-refractivity contribution in [3.63, 3.8) is 0 Å². The summed E-state index contributed by atoms with van der Waals surface area (Å²) in [6, 6.07) is 1.88. The van der Waals surface area contributed by atoms with Gasteiger partial charge in [-0.1, -0.05) is 20.8 Å². The van der Waals surface area contributed by atoms with Gasteiger partial charge >= 0.3 is 0 Å². The highest BCUT2D eigenvalue weighted by atomic mass is 16.2. The fourth-order valence-electron chi connectivity index (χ4n) is 3.22. The lowest BCUT2D eigenvalue weighted by atomic mass is 9.95. The highest BCUT2D eigenvalue weighted by Crippen LogP contribution is 2.33. The lowest BCUT2D eigenvalue weighted by Gasteiger charge is -2.30. The van der Waals surface area contributed by atoms with Gasteiger partial charge in [0.05, 0.1) is 5.54 Å². The van der Waals surface area contributed by atoms with Gasteiger partial charge in [0.25, 0.3) is 0 Å². The van der Waals surface area contributed by atoms with Gasteiger partial charge in [0.15, 0.2) is 0 Å². The maximum absolute atomic E-state index is 12.4. The summed E-state index contributed by atoms with van der Waals surface area (Å²) >= 11 is 0. The maximum Gasteiger partial charge on any atom is 0.239 e. The highest BCUT2D eigenvalue weighted by molar-refractivity contribution is 5.85. The second-order valence-electron chi connectivity index (χ2n) is 8.72. The van der Waals surface area contributed by atoms with E-state index in [0.717, 1.165) is 19.0 Å². The summed E-state index contributed by atoms with van der Waals surface area (Å²) in [7, 11) is 0. The molecule has 2 rings (SSSR count). The first-order valence-electron chi connectivity index (χ1n) is 8.40. The summed E-state index contributed by atoms with van der Waals surface area (Å²) in [6.45, 7) is 14.5. The van der Waals surface area contributed by atoms with E-state index in [-0.39, 0.29) is 11.3 Å². The monoisotopic (exact) mass is 295 g/mol. The van der Waals surface area contributed by atoms with E-state index < -0.39 is 5.54 Å². The standard InChI is InChI=1S/C17H33N3O/c1-12-9-13(10-20(12)14-7-8-14)19-17(5,6)15(21)18-11-16(2,3)4/h12-14,19H,7-11H2,1-6H3,(H,18,21)/t12-,13+/m1/s1. The van der Waals surface area contributed by atoms with Crippen molar-refractivity contribution >= 4 is 5.91 Å². The van der Waals surface area contributed by atoms with E-state index in [1.165, 1.54) is 12.8 Å². The molecule has 2 atom stereocenters. The number of rotatable bonds is 5. The molecule has 1 aliphatic heterocycles. The molecule has 0 bridgehead atoms. The fourth-order valence-corrected chi connectivity index (χ4v) is 3.22. The first-order chi connectivity index (χ1) is 9.58. The van der Waals surface area contributed by atoms with E-state index in [1.54, 1.807) is 0 Å². The molecule has 1 saturated heterocycles. The van der Waals surface area contributed by atoms with Crippen molar-refractivity contribution in [3.8, 4) is 0 Å². The third-order valence-electron chi connectivity index (χ3n) is 4.55. The van der Waals surface area contributed by atoms with E-state index in [4.69, 9.17) is 0 Å². The topological polar surface area (TPSA) is 44.4 Å². The normalized spacial score (nSPS) is 27.9. The molecule has 0 aromatic heterocycles. The molecule has 0 aromatic carbocycles. The van der Waals surface area contributed by atoms with E-state index in [1.807, 2.05) is 13.8 Å². The maximum atomic E-state index is 12.4. The van der Waals surface area contributed by atoms with E-state index in [2.05, 4.69) is 43.2 Å². The third-order valence-corrected chi connectivity index (χ3v) is 4.55. The van der Waals surface area contributed by atoms with Gasteiger partial charge in [0.1, 0.15) is 0 Å². The lowest BCUT2D eigenvalue weighted by Crippen LogP contribution is -2.57. The summed E-state index contributed by atoms with van der Waals surface area (Å²) in [5.74, 6) is 0.106. The summed E-state index contributed by atoms with van der Waals surface area (Å²) in [5.41, 5.74) is -0.383. The molecule has 2 fully saturated rings. The molecule has 1 saturated carbocycles. The first kappa shape index (κ1) is 16.8. The van der Waals surface area contributed by atoms with Crippen LogP contribution in [0.2, 0.25) is 0 Å². The molecule has 0 spiro atoms. The van der Waals surface area contributed by atoms with Crippen molar-refractivity contribution in [3.05, 3.63) is 0 Å². The molecular weight excluding hydrogens is 262 g/mol. The zero-order valence-corrected chi connectivity index (χ0v) is 14.6. The van der Waals surface area contributed by atoms with Crippen molar-refractivity contribution in [1.82, 2.24) is 15.5 Å². The Hall–Kier alpha value is -0.610. The average Bonchev–Trinajstić information content (AvgIpc) is 3.10. The molecule has 0 aromatic rings. The molecule has 1 heterocycles. The predicted octanol–water partition coefficient (Wildman–Crippen LogP) is 2.14. The second-order valence-corrected chi connectivity index (χ2v) is 8.72. The highest BCUT2D eigenvalue weighted by Gasteiger charge is 2.41. The van der Waals surface area contributed by atoms with Crippen molar-refractivity contribution in [2.75, 3.05) is 13.1 Å². The number of hydrogen-bond acceptors (Lipinski definition) is 3. The van der Waals surface area contributed by atoms with Crippen LogP contribution in [-0.4, -0.2) is 47.6 Å². The van der Waals surface area contributed by atoms with Crippen LogP contribution in [0, 0.1) is 5.41 Å².